The standard InChI is InChI=1S/C24H23N3O3S/c25-31(29,30)21-12-10-18(11-13-21)14-15-26-24(28)17-27-22-9-5-4-8-20(22)16-23(27)19-6-2-1-3-7-19/h1-13,16H,14-15,17H2,(H,26,28)(H2,25,29,30). The molecule has 0 bridgehead atoms. The van der Waals surface area contributed by atoms with Crippen LogP contribution < -0.4 is 10.5 Å². The van der Waals surface area contributed by atoms with Gasteiger partial charge in [-0.1, -0.05) is 60.7 Å². The van der Waals surface area contributed by atoms with Crippen LogP contribution in [0, 0.1) is 0 Å². The summed E-state index contributed by atoms with van der Waals surface area (Å²) < 4.78 is 24.7. The number of rotatable bonds is 7. The quantitative estimate of drug-likeness (QED) is 0.468. The Morgan fingerprint density at radius 3 is 2.29 bits per heavy atom. The highest BCUT2D eigenvalue weighted by Crippen LogP contribution is 2.28. The van der Waals surface area contributed by atoms with E-state index in [1.165, 1.54) is 12.1 Å². The van der Waals surface area contributed by atoms with Crippen molar-refractivity contribution >= 4 is 26.8 Å². The van der Waals surface area contributed by atoms with E-state index in [1.54, 1.807) is 12.1 Å². The Morgan fingerprint density at radius 1 is 0.903 bits per heavy atom. The SMILES string of the molecule is NS(=O)(=O)c1ccc(CCNC(=O)Cn2c(-c3ccccc3)cc3ccccc32)cc1. The fraction of sp³-hybridized carbons (Fsp3) is 0.125. The molecule has 0 fully saturated rings. The highest BCUT2D eigenvalue weighted by molar-refractivity contribution is 7.89. The molecule has 6 nitrogen and oxygen atoms in total. The van der Waals surface area contributed by atoms with Crippen molar-refractivity contribution in [3.63, 3.8) is 0 Å². The van der Waals surface area contributed by atoms with Crippen molar-refractivity contribution in [1.82, 2.24) is 9.88 Å². The fourth-order valence-electron chi connectivity index (χ4n) is 3.62. The second-order valence-electron chi connectivity index (χ2n) is 7.33. The van der Waals surface area contributed by atoms with Gasteiger partial charge >= 0.3 is 0 Å². The van der Waals surface area contributed by atoms with E-state index in [1.807, 2.05) is 59.2 Å². The summed E-state index contributed by atoms with van der Waals surface area (Å²) in [4.78, 5) is 12.8. The van der Waals surface area contributed by atoms with Gasteiger partial charge in [-0.15, -0.1) is 0 Å². The first-order chi connectivity index (χ1) is 14.9. The minimum Gasteiger partial charge on any atom is -0.354 e. The lowest BCUT2D eigenvalue weighted by molar-refractivity contribution is -0.121. The van der Waals surface area contributed by atoms with Gasteiger partial charge in [-0.2, -0.15) is 0 Å². The van der Waals surface area contributed by atoms with Gasteiger partial charge in [0.05, 0.1) is 4.90 Å². The largest absolute Gasteiger partial charge is 0.354 e. The molecule has 0 unspecified atom stereocenters. The number of hydrogen-bond acceptors (Lipinski definition) is 3. The van der Waals surface area contributed by atoms with Gasteiger partial charge in [-0.3, -0.25) is 4.79 Å². The van der Waals surface area contributed by atoms with E-state index in [9.17, 15) is 13.2 Å². The smallest absolute Gasteiger partial charge is 0.239 e. The van der Waals surface area contributed by atoms with Crippen molar-refractivity contribution < 1.29 is 13.2 Å². The molecule has 4 aromatic rings. The van der Waals surface area contributed by atoms with Crippen molar-refractivity contribution in [3.05, 3.63) is 90.5 Å². The zero-order valence-electron chi connectivity index (χ0n) is 16.9. The number of primary sulfonamides is 1. The van der Waals surface area contributed by atoms with Crippen LogP contribution in [0.1, 0.15) is 5.56 Å². The molecule has 0 aliphatic rings. The van der Waals surface area contributed by atoms with Gasteiger partial charge in [0.2, 0.25) is 15.9 Å². The highest BCUT2D eigenvalue weighted by atomic mass is 32.2. The maximum atomic E-state index is 12.7. The van der Waals surface area contributed by atoms with Crippen LogP contribution in [-0.4, -0.2) is 25.4 Å². The van der Waals surface area contributed by atoms with Crippen LogP contribution in [0.15, 0.2) is 89.8 Å². The van der Waals surface area contributed by atoms with Crippen LogP contribution in [0.2, 0.25) is 0 Å². The summed E-state index contributed by atoms with van der Waals surface area (Å²) in [6.45, 7) is 0.662. The molecule has 0 aliphatic carbocycles. The average Bonchev–Trinajstić information content (AvgIpc) is 3.12. The van der Waals surface area contributed by atoms with E-state index in [0.717, 1.165) is 27.7 Å². The molecule has 4 rings (SSSR count). The Morgan fingerprint density at radius 2 is 1.58 bits per heavy atom. The Bertz CT molecular complexity index is 1310. The lowest BCUT2D eigenvalue weighted by atomic mass is 10.1. The Labute approximate surface area is 181 Å². The molecular formula is C24H23N3O3S. The number of amides is 1. The molecule has 31 heavy (non-hydrogen) atoms. The fourth-order valence-corrected chi connectivity index (χ4v) is 4.14. The molecule has 1 aromatic heterocycles. The van der Waals surface area contributed by atoms with Crippen LogP contribution in [0.25, 0.3) is 22.2 Å². The zero-order chi connectivity index (χ0) is 21.8. The van der Waals surface area contributed by atoms with Gasteiger partial charge in [-0.05, 0) is 41.8 Å². The van der Waals surface area contributed by atoms with Crippen molar-refractivity contribution in [1.29, 1.82) is 0 Å². The summed E-state index contributed by atoms with van der Waals surface area (Å²) in [5, 5.41) is 9.16. The van der Waals surface area contributed by atoms with E-state index >= 15 is 0 Å². The summed E-state index contributed by atoms with van der Waals surface area (Å²) in [5.74, 6) is -0.0836. The molecule has 1 heterocycles. The predicted octanol–water partition coefficient (Wildman–Crippen LogP) is 3.31. The Hall–Kier alpha value is -3.42. The summed E-state index contributed by atoms with van der Waals surface area (Å²) in [5.41, 5.74) is 3.98. The summed E-state index contributed by atoms with van der Waals surface area (Å²) in [6, 6.07) is 26.5. The number of fused-ring (bicyclic) bond motifs is 1. The van der Waals surface area contributed by atoms with E-state index in [2.05, 4.69) is 11.4 Å². The van der Waals surface area contributed by atoms with Gasteiger partial charge < -0.3 is 9.88 Å². The van der Waals surface area contributed by atoms with Crippen molar-refractivity contribution in [2.45, 2.75) is 17.9 Å². The van der Waals surface area contributed by atoms with Crippen LogP contribution in [0.3, 0.4) is 0 Å². The number of aromatic nitrogens is 1. The van der Waals surface area contributed by atoms with Crippen molar-refractivity contribution in [3.8, 4) is 11.3 Å². The maximum Gasteiger partial charge on any atom is 0.239 e. The van der Waals surface area contributed by atoms with Gasteiger partial charge in [0.15, 0.2) is 0 Å². The lowest BCUT2D eigenvalue weighted by Gasteiger charge is -2.12. The topological polar surface area (TPSA) is 94.2 Å². The maximum absolute atomic E-state index is 12.7. The summed E-state index contributed by atoms with van der Waals surface area (Å²) in [6.07, 6.45) is 0.592. The van der Waals surface area contributed by atoms with Gasteiger partial charge in [-0.25, -0.2) is 13.6 Å². The van der Waals surface area contributed by atoms with Gasteiger partial charge in [0.25, 0.3) is 0 Å². The average molecular weight is 434 g/mol. The second kappa shape index (κ2) is 8.75. The number of carbonyl (C=O) groups is 1. The monoisotopic (exact) mass is 433 g/mol. The zero-order valence-corrected chi connectivity index (χ0v) is 17.7. The minimum atomic E-state index is -3.70. The normalized spacial score (nSPS) is 11.5. The third kappa shape index (κ3) is 4.84. The Balaban J connectivity index is 1.45. The number of sulfonamides is 1. The first-order valence-corrected chi connectivity index (χ1v) is 11.5. The van der Waals surface area contributed by atoms with Crippen LogP contribution in [0.5, 0.6) is 0 Å². The number of nitrogens with zero attached hydrogens (tertiary/aromatic N) is 1. The first-order valence-electron chi connectivity index (χ1n) is 9.94. The van der Waals surface area contributed by atoms with Gasteiger partial charge in [0, 0.05) is 23.1 Å². The van der Waals surface area contributed by atoms with Crippen LogP contribution in [-0.2, 0) is 27.8 Å². The van der Waals surface area contributed by atoms with E-state index < -0.39 is 10.0 Å². The number of para-hydroxylation sites is 1. The molecule has 0 saturated carbocycles. The first kappa shape index (κ1) is 20.8. The number of nitrogens with two attached hydrogens (primary N) is 1. The number of benzene rings is 3. The van der Waals surface area contributed by atoms with E-state index in [-0.39, 0.29) is 17.3 Å². The van der Waals surface area contributed by atoms with Crippen LogP contribution in [0.4, 0.5) is 0 Å². The molecule has 0 aliphatic heterocycles. The third-order valence-corrected chi connectivity index (χ3v) is 6.10. The minimum absolute atomic E-state index is 0.0770. The van der Waals surface area contributed by atoms with E-state index in [4.69, 9.17) is 5.14 Å². The van der Waals surface area contributed by atoms with E-state index in [0.29, 0.717) is 13.0 Å². The molecule has 158 valence electrons. The number of hydrogen-bond donors (Lipinski definition) is 2. The van der Waals surface area contributed by atoms with Crippen molar-refractivity contribution in [2.75, 3.05) is 6.54 Å². The highest BCUT2D eigenvalue weighted by Gasteiger charge is 2.13. The summed E-state index contributed by atoms with van der Waals surface area (Å²) in [7, 11) is -3.70. The van der Waals surface area contributed by atoms with Crippen LogP contribution >= 0.6 is 0 Å². The molecule has 0 saturated heterocycles. The molecular weight excluding hydrogens is 410 g/mol. The molecule has 3 aromatic carbocycles. The molecule has 7 heteroatoms. The van der Waals surface area contributed by atoms with Gasteiger partial charge in [0.1, 0.15) is 6.54 Å². The number of nitrogens with one attached hydrogen (secondary N) is 1. The number of carbonyl (C=O) groups excluding carboxylic acids is 1. The molecule has 1 amide bonds. The molecule has 0 atom stereocenters. The van der Waals surface area contributed by atoms with Crippen molar-refractivity contribution in [2.24, 2.45) is 5.14 Å². The molecule has 0 spiro atoms. The third-order valence-electron chi connectivity index (χ3n) is 5.17. The lowest BCUT2D eigenvalue weighted by Crippen LogP contribution is -2.29. The summed E-state index contributed by atoms with van der Waals surface area (Å²) >= 11 is 0. The second-order valence-corrected chi connectivity index (χ2v) is 8.89. The molecule has 0 radical (unpaired) electrons. The predicted molar refractivity (Wildman–Crippen MR) is 122 cm³/mol. The molecule has 3 N–H and O–H groups in total. The Kier molecular flexibility index (Phi) is 5.88.